The first-order valence-corrected chi connectivity index (χ1v) is 8.67. The van der Waals surface area contributed by atoms with Crippen LogP contribution in [0.4, 0.5) is 0 Å². The topological polar surface area (TPSA) is 53.5 Å². The molecule has 2 aliphatic rings. The molecule has 0 fully saturated rings. The van der Waals surface area contributed by atoms with Crippen LogP contribution in [0.25, 0.3) is 5.70 Å². The highest BCUT2D eigenvalue weighted by Crippen LogP contribution is 2.34. The average Bonchev–Trinajstić information content (AvgIpc) is 2.68. The number of carbonyl (C=O) groups is 1. The second-order valence-corrected chi connectivity index (χ2v) is 6.44. The van der Waals surface area contributed by atoms with Gasteiger partial charge in [0.05, 0.1) is 12.4 Å². The maximum atomic E-state index is 12.1. The number of nitrogens with zero attached hydrogens (tertiary/aromatic N) is 1. The van der Waals surface area contributed by atoms with E-state index in [0.29, 0.717) is 0 Å². The minimum atomic E-state index is -0.0447. The fraction of sp³-hybridized carbons (Fsp3) is 0.238. The summed E-state index contributed by atoms with van der Waals surface area (Å²) in [4.78, 5) is 16.8. The van der Waals surface area contributed by atoms with Crippen LogP contribution in [0.3, 0.4) is 0 Å². The summed E-state index contributed by atoms with van der Waals surface area (Å²) < 4.78 is 0. The summed E-state index contributed by atoms with van der Waals surface area (Å²) in [5.74, 6) is -0.0447. The van der Waals surface area contributed by atoms with Gasteiger partial charge in [0.2, 0.25) is 0 Å². The Hall–Kier alpha value is -2.88. The van der Waals surface area contributed by atoms with E-state index in [1.165, 1.54) is 22.4 Å². The van der Waals surface area contributed by atoms with Crippen LogP contribution in [-0.4, -0.2) is 25.3 Å². The van der Waals surface area contributed by atoms with Gasteiger partial charge in [0.25, 0.3) is 5.91 Å². The Morgan fingerprint density at radius 1 is 1.16 bits per heavy atom. The molecule has 0 radical (unpaired) electrons. The molecule has 2 N–H and O–H groups in total. The summed E-state index contributed by atoms with van der Waals surface area (Å²) >= 11 is 0. The van der Waals surface area contributed by atoms with Crippen molar-refractivity contribution in [3.8, 4) is 0 Å². The summed E-state index contributed by atoms with van der Waals surface area (Å²) in [5, 5.41) is 6.08. The van der Waals surface area contributed by atoms with Gasteiger partial charge in [-0.05, 0) is 42.0 Å². The van der Waals surface area contributed by atoms with Gasteiger partial charge in [-0.1, -0.05) is 42.5 Å². The lowest BCUT2D eigenvalue weighted by molar-refractivity contribution is 0.0962. The maximum absolute atomic E-state index is 12.1. The fourth-order valence-electron chi connectivity index (χ4n) is 3.77. The van der Waals surface area contributed by atoms with Crippen molar-refractivity contribution in [2.24, 2.45) is 4.99 Å². The molecule has 0 bridgehead atoms. The van der Waals surface area contributed by atoms with E-state index in [1.54, 1.807) is 13.4 Å². The first-order chi connectivity index (χ1) is 12.3. The van der Waals surface area contributed by atoms with Crippen LogP contribution in [0.15, 0.2) is 59.1 Å². The number of hydrogen-bond acceptors (Lipinski definition) is 3. The maximum Gasteiger partial charge on any atom is 0.251 e. The molecule has 4 rings (SSSR count). The van der Waals surface area contributed by atoms with Crippen molar-refractivity contribution >= 4 is 17.9 Å². The molecule has 1 amide bonds. The van der Waals surface area contributed by atoms with E-state index in [-0.39, 0.29) is 11.9 Å². The average molecular weight is 331 g/mol. The molecule has 1 atom stereocenters. The van der Waals surface area contributed by atoms with Crippen LogP contribution in [0.5, 0.6) is 0 Å². The molecule has 1 unspecified atom stereocenters. The van der Waals surface area contributed by atoms with E-state index in [4.69, 9.17) is 0 Å². The molecular formula is C21H21N3O. The van der Waals surface area contributed by atoms with E-state index < -0.39 is 0 Å². The van der Waals surface area contributed by atoms with Crippen LogP contribution >= 0.6 is 0 Å². The molecule has 25 heavy (non-hydrogen) atoms. The third kappa shape index (κ3) is 2.84. The zero-order valence-corrected chi connectivity index (χ0v) is 14.3. The van der Waals surface area contributed by atoms with Crippen molar-refractivity contribution in [3.63, 3.8) is 0 Å². The van der Waals surface area contributed by atoms with Crippen molar-refractivity contribution in [1.82, 2.24) is 10.6 Å². The molecular weight excluding hydrogens is 310 g/mol. The largest absolute Gasteiger partial charge is 0.355 e. The van der Waals surface area contributed by atoms with Gasteiger partial charge < -0.3 is 10.6 Å². The highest BCUT2D eigenvalue weighted by molar-refractivity contribution is 5.95. The Morgan fingerprint density at radius 3 is 2.84 bits per heavy atom. The van der Waals surface area contributed by atoms with Gasteiger partial charge in [-0.3, -0.25) is 9.79 Å². The molecule has 126 valence electrons. The van der Waals surface area contributed by atoms with E-state index in [1.807, 2.05) is 24.3 Å². The van der Waals surface area contributed by atoms with Crippen molar-refractivity contribution in [2.75, 3.05) is 7.05 Å². The zero-order chi connectivity index (χ0) is 17.2. The summed E-state index contributed by atoms with van der Waals surface area (Å²) in [6.07, 6.45) is 4.58. The lowest BCUT2D eigenvalue weighted by atomic mass is 9.83. The van der Waals surface area contributed by atoms with Gasteiger partial charge in [0, 0.05) is 23.9 Å². The van der Waals surface area contributed by atoms with Gasteiger partial charge in [0.1, 0.15) is 0 Å². The van der Waals surface area contributed by atoms with Crippen molar-refractivity contribution in [3.05, 3.63) is 76.4 Å². The number of rotatable bonds is 3. The molecule has 1 heterocycles. The highest BCUT2D eigenvalue weighted by atomic mass is 16.1. The molecule has 0 aromatic heterocycles. The summed E-state index contributed by atoms with van der Waals surface area (Å²) in [7, 11) is 1.67. The number of hydrogen-bond donors (Lipinski definition) is 2. The first kappa shape index (κ1) is 15.6. The summed E-state index contributed by atoms with van der Waals surface area (Å²) in [6.45, 7) is 0. The minimum Gasteiger partial charge on any atom is -0.355 e. The smallest absolute Gasteiger partial charge is 0.251 e. The lowest BCUT2D eigenvalue weighted by Crippen LogP contribution is -2.30. The number of amides is 1. The quantitative estimate of drug-likeness (QED) is 0.908. The number of nitrogens with one attached hydrogen (secondary N) is 2. The van der Waals surface area contributed by atoms with E-state index in [9.17, 15) is 4.79 Å². The van der Waals surface area contributed by atoms with Crippen LogP contribution in [0, 0.1) is 0 Å². The lowest BCUT2D eigenvalue weighted by Gasteiger charge is -2.30. The monoisotopic (exact) mass is 331 g/mol. The predicted octanol–water partition coefficient (Wildman–Crippen LogP) is 2.95. The Bertz CT molecular complexity index is 882. The molecule has 0 spiro atoms. The van der Waals surface area contributed by atoms with Gasteiger partial charge in [0.15, 0.2) is 0 Å². The molecule has 4 heteroatoms. The van der Waals surface area contributed by atoms with Gasteiger partial charge >= 0.3 is 0 Å². The number of carbonyl (C=O) groups excluding carboxylic acids is 1. The number of aliphatic imine (C=N–C) groups is 1. The van der Waals surface area contributed by atoms with Crippen molar-refractivity contribution in [1.29, 1.82) is 0 Å². The van der Waals surface area contributed by atoms with Crippen LogP contribution in [0.1, 0.15) is 33.5 Å². The molecule has 2 aromatic carbocycles. The molecule has 4 nitrogen and oxygen atoms in total. The van der Waals surface area contributed by atoms with Crippen LogP contribution < -0.4 is 10.6 Å². The van der Waals surface area contributed by atoms with Crippen molar-refractivity contribution < 1.29 is 4.79 Å². The third-order valence-electron chi connectivity index (χ3n) is 5.04. The van der Waals surface area contributed by atoms with E-state index in [0.717, 1.165) is 30.4 Å². The highest BCUT2D eigenvalue weighted by Gasteiger charge is 2.27. The first-order valence-electron chi connectivity index (χ1n) is 8.67. The molecule has 2 aromatic rings. The summed E-state index contributed by atoms with van der Waals surface area (Å²) in [5.41, 5.74) is 6.97. The number of benzene rings is 2. The standard InChI is InChI=1S/C21H21N3O/c1-22-21(25)17-9-5-3-7-15(17)12-19-18-11-10-14-6-2-4-8-16(14)20(18)24-13-23-19/h2-9,13,19H,10-12H2,1H3,(H,22,25)(H,23,24). The Morgan fingerprint density at radius 2 is 1.96 bits per heavy atom. The molecule has 1 aliphatic carbocycles. The Kier molecular flexibility index (Phi) is 4.10. The van der Waals surface area contributed by atoms with E-state index in [2.05, 4.69) is 39.9 Å². The Balaban J connectivity index is 1.69. The Labute approximate surface area is 147 Å². The van der Waals surface area contributed by atoms with Crippen molar-refractivity contribution in [2.45, 2.75) is 25.3 Å². The zero-order valence-electron chi connectivity index (χ0n) is 14.3. The second kappa shape index (κ2) is 6.55. The van der Waals surface area contributed by atoms with Gasteiger partial charge in [-0.15, -0.1) is 0 Å². The fourth-order valence-corrected chi connectivity index (χ4v) is 3.77. The summed E-state index contributed by atoms with van der Waals surface area (Å²) in [6, 6.07) is 16.4. The molecule has 1 aliphatic heterocycles. The van der Waals surface area contributed by atoms with Crippen LogP contribution in [0.2, 0.25) is 0 Å². The second-order valence-electron chi connectivity index (χ2n) is 6.44. The van der Waals surface area contributed by atoms with Crippen LogP contribution in [-0.2, 0) is 12.8 Å². The predicted molar refractivity (Wildman–Crippen MR) is 101 cm³/mol. The van der Waals surface area contributed by atoms with Gasteiger partial charge in [-0.25, -0.2) is 0 Å². The van der Waals surface area contributed by atoms with Gasteiger partial charge in [-0.2, -0.15) is 0 Å². The third-order valence-corrected chi connectivity index (χ3v) is 5.04. The molecule has 0 saturated carbocycles. The molecule has 0 saturated heterocycles. The normalized spacial score (nSPS) is 18.2. The number of fused-ring (bicyclic) bond motifs is 2. The minimum absolute atomic E-state index is 0.0447. The van der Waals surface area contributed by atoms with E-state index >= 15 is 0 Å². The number of aryl methyl sites for hydroxylation is 1. The SMILES string of the molecule is CNC(=O)c1ccccc1CC1N=CNC2=C1CCc1ccccc12.